The van der Waals surface area contributed by atoms with Crippen LogP contribution in [-0.2, 0) is 5.41 Å². The van der Waals surface area contributed by atoms with Crippen LogP contribution < -0.4 is 5.73 Å². The van der Waals surface area contributed by atoms with Crippen molar-refractivity contribution in [2.75, 3.05) is 5.73 Å². The van der Waals surface area contributed by atoms with Gasteiger partial charge in [-0.1, -0.05) is 36.7 Å². The topological polar surface area (TPSA) is 38.9 Å². The van der Waals surface area contributed by atoms with Crippen molar-refractivity contribution in [2.24, 2.45) is 0 Å². The van der Waals surface area contributed by atoms with E-state index in [9.17, 15) is 4.39 Å². The van der Waals surface area contributed by atoms with Gasteiger partial charge in [0.15, 0.2) is 0 Å². The average molecular weight is 297 g/mol. The summed E-state index contributed by atoms with van der Waals surface area (Å²) in [5.74, 6) is -0.346. The molecule has 0 saturated carbocycles. The minimum absolute atomic E-state index is 0.156. The minimum atomic E-state index is -0.346. The lowest BCUT2D eigenvalue weighted by Crippen LogP contribution is -2.14. The summed E-state index contributed by atoms with van der Waals surface area (Å²) in [6, 6.07) is 4.85. The first kappa shape index (κ1) is 12.3. The van der Waals surface area contributed by atoms with Gasteiger partial charge in [-0.3, -0.25) is 0 Å². The molecule has 90 valence electrons. The molecule has 2 rings (SSSR count). The zero-order valence-corrected chi connectivity index (χ0v) is 11.6. The summed E-state index contributed by atoms with van der Waals surface area (Å²) in [4.78, 5) is 4.38. The Bertz CT molecular complexity index is 588. The summed E-state index contributed by atoms with van der Waals surface area (Å²) < 4.78 is 14.5. The van der Waals surface area contributed by atoms with Crippen LogP contribution in [0, 0.1) is 5.82 Å². The second-order valence-corrected chi connectivity index (χ2v) is 5.95. The Morgan fingerprint density at radius 2 is 1.94 bits per heavy atom. The molecule has 1 aromatic heterocycles. The van der Waals surface area contributed by atoms with E-state index in [1.165, 1.54) is 6.07 Å². The van der Waals surface area contributed by atoms with Gasteiger partial charge in [-0.05, 0) is 18.2 Å². The molecule has 0 radical (unpaired) electrons. The Morgan fingerprint density at radius 1 is 1.29 bits per heavy atom. The summed E-state index contributed by atoms with van der Waals surface area (Å²) in [5, 5.41) is 0.637. The summed E-state index contributed by atoms with van der Waals surface area (Å²) in [7, 11) is 0. The van der Waals surface area contributed by atoms with E-state index in [0.717, 1.165) is 10.2 Å². The Kier molecular flexibility index (Phi) is 2.86. The highest BCUT2D eigenvalue weighted by molar-refractivity contribution is 9.10. The van der Waals surface area contributed by atoms with Crippen LogP contribution in [0.25, 0.3) is 10.9 Å². The molecule has 1 heterocycles. The number of rotatable bonds is 0. The first-order chi connectivity index (χ1) is 7.80. The van der Waals surface area contributed by atoms with Crippen LogP contribution in [0.1, 0.15) is 26.5 Å². The molecular weight excluding hydrogens is 283 g/mol. The van der Waals surface area contributed by atoms with Crippen LogP contribution in [0.5, 0.6) is 0 Å². The second-order valence-electron chi connectivity index (χ2n) is 5.10. The van der Waals surface area contributed by atoms with Gasteiger partial charge in [0, 0.05) is 26.7 Å². The van der Waals surface area contributed by atoms with E-state index in [2.05, 4.69) is 20.9 Å². The maximum absolute atomic E-state index is 13.8. The lowest BCUT2D eigenvalue weighted by molar-refractivity contribution is 0.569. The third-order valence-electron chi connectivity index (χ3n) is 2.66. The third kappa shape index (κ3) is 2.14. The Balaban J connectivity index is 2.87. The van der Waals surface area contributed by atoms with Crippen molar-refractivity contribution in [1.82, 2.24) is 4.98 Å². The number of nitrogens with zero attached hydrogens (tertiary/aromatic N) is 1. The molecule has 2 aromatic rings. The van der Waals surface area contributed by atoms with Crippen LogP contribution in [0.2, 0.25) is 0 Å². The zero-order chi connectivity index (χ0) is 12.8. The zero-order valence-electron chi connectivity index (χ0n) is 10.0. The Morgan fingerprint density at radius 3 is 2.53 bits per heavy atom. The largest absolute Gasteiger partial charge is 0.398 e. The number of pyridine rings is 1. The van der Waals surface area contributed by atoms with Gasteiger partial charge in [-0.2, -0.15) is 0 Å². The first-order valence-corrected chi connectivity index (χ1v) is 6.14. The van der Waals surface area contributed by atoms with Crippen LogP contribution in [0.4, 0.5) is 10.1 Å². The molecule has 17 heavy (non-hydrogen) atoms. The van der Waals surface area contributed by atoms with Crippen molar-refractivity contribution >= 4 is 32.5 Å². The molecular formula is C13H14BrFN2. The van der Waals surface area contributed by atoms with Crippen LogP contribution >= 0.6 is 15.9 Å². The van der Waals surface area contributed by atoms with Gasteiger partial charge in [-0.15, -0.1) is 0 Å². The number of benzene rings is 1. The van der Waals surface area contributed by atoms with E-state index in [4.69, 9.17) is 5.73 Å². The summed E-state index contributed by atoms with van der Waals surface area (Å²) in [5.41, 5.74) is 7.49. The van der Waals surface area contributed by atoms with Gasteiger partial charge < -0.3 is 5.73 Å². The van der Waals surface area contributed by atoms with Crippen LogP contribution in [0.3, 0.4) is 0 Å². The smallest absolute Gasteiger partial charge is 0.149 e. The molecule has 0 aliphatic heterocycles. The molecule has 0 spiro atoms. The molecule has 0 fully saturated rings. The van der Waals surface area contributed by atoms with Gasteiger partial charge in [-0.25, -0.2) is 9.37 Å². The predicted octanol–water partition coefficient (Wildman–Crippen LogP) is 4.02. The number of anilines is 1. The molecule has 1 aromatic carbocycles. The molecule has 2 nitrogen and oxygen atoms in total. The number of nitrogen functional groups attached to an aromatic ring is 1. The molecule has 0 atom stereocenters. The molecule has 0 aliphatic rings. The third-order valence-corrected chi connectivity index (χ3v) is 3.32. The molecule has 0 bridgehead atoms. The number of hydrogen-bond acceptors (Lipinski definition) is 2. The van der Waals surface area contributed by atoms with Crippen molar-refractivity contribution in [2.45, 2.75) is 26.2 Å². The van der Waals surface area contributed by atoms with Crippen molar-refractivity contribution in [1.29, 1.82) is 0 Å². The van der Waals surface area contributed by atoms with E-state index < -0.39 is 0 Å². The van der Waals surface area contributed by atoms with Gasteiger partial charge in [0.05, 0.1) is 0 Å². The van der Waals surface area contributed by atoms with E-state index in [1.54, 1.807) is 6.07 Å². The molecule has 0 unspecified atom stereocenters. The lowest BCUT2D eigenvalue weighted by Gasteiger charge is -2.19. The number of nitrogens with two attached hydrogens (primary N) is 1. The second kappa shape index (κ2) is 3.95. The maximum atomic E-state index is 13.8. The van der Waals surface area contributed by atoms with Crippen LogP contribution in [-0.4, -0.2) is 4.98 Å². The number of hydrogen-bond donors (Lipinski definition) is 1. The van der Waals surface area contributed by atoms with E-state index >= 15 is 0 Å². The molecule has 0 amide bonds. The van der Waals surface area contributed by atoms with Crippen molar-refractivity contribution in [3.05, 3.63) is 34.2 Å². The molecule has 0 aliphatic carbocycles. The normalized spacial score (nSPS) is 12.1. The Hall–Kier alpha value is -1.16. The predicted molar refractivity (Wildman–Crippen MR) is 72.5 cm³/mol. The van der Waals surface area contributed by atoms with Crippen LogP contribution in [0.15, 0.2) is 22.7 Å². The van der Waals surface area contributed by atoms with Crippen molar-refractivity contribution in [3.63, 3.8) is 0 Å². The van der Waals surface area contributed by atoms with E-state index in [-0.39, 0.29) is 11.2 Å². The quantitative estimate of drug-likeness (QED) is 0.797. The minimum Gasteiger partial charge on any atom is -0.398 e. The molecule has 4 heteroatoms. The summed E-state index contributed by atoms with van der Waals surface area (Å²) in [6.07, 6.45) is 0. The van der Waals surface area contributed by atoms with Gasteiger partial charge in [0.2, 0.25) is 0 Å². The first-order valence-electron chi connectivity index (χ1n) is 5.35. The highest BCUT2D eigenvalue weighted by Crippen LogP contribution is 2.33. The highest BCUT2D eigenvalue weighted by Gasteiger charge is 2.19. The van der Waals surface area contributed by atoms with Crippen molar-refractivity contribution < 1.29 is 4.39 Å². The Labute approximate surface area is 108 Å². The fourth-order valence-electron chi connectivity index (χ4n) is 1.68. The van der Waals surface area contributed by atoms with Gasteiger partial charge in [0.1, 0.15) is 11.3 Å². The fraction of sp³-hybridized carbons (Fsp3) is 0.308. The standard InChI is InChI=1S/C13H14BrFN2/c1-13(2,3)10-6-9(16)11-7(14)4-5-8(15)12(11)17-10/h4-6H,1-3H3,(H2,16,17). The molecule has 0 saturated heterocycles. The highest BCUT2D eigenvalue weighted by atomic mass is 79.9. The van der Waals surface area contributed by atoms with Gasteiger partial charge >= 0.3 is 0 Å². The monoisotopic (exact) mass is 296 g/mol. The number of halogens is 2. The number of aromatic nitrogens is 1. The van der Waals surface area contributed by atoms with Crippen molar-refractivity contribution in [3.8, 4) is 0 Å². The molecule has 2 N–H and O–H groups in total. The van der Waals surface area contributed by atoms with E-state index in [0.29, 0.717) is 16.6 Å². The lowest BCUT2D eigenvalue weighted by atomic mass is 9.91. The maximum Gasteiger partial charge on any atom is 0.149 e. The van der Waals surface area contributed by atoms with E-state index in [1.807, 2.05) is 26.8 Å². The average Bonchev–Trinajstić information content (AvgIpc) is 2.21. The SMILES string of the molecule is CC(C)(C)c1cc(N)c2c(Br)ccc(F)c2n1. The summed E-state index contributed by atoms with van der Waals surface area (Å²) >= 11 is 3.37. The van der Waals surface area contributed by atoms with Gasteiger partial charge in [0.25, 0.3) is 0 Å². The summed E-state index contributed by atoms with van der Waals surface area (Å²) in [6.45, 7) is 6.07. The number of fused-ring (bicyclic) bond motifs is 1. The fourth-order valence-corrected chi connectivity index (χ4v) is 2.23.